The van der Waals surface area contributed by atoms with Gasteiger partial charge in [0, 0.05) is 61.4 Å². The summed E-state index contributed by atoms with van der Waals surface area (Å²) in [7, 11) is 3.05. The van der Waals surface area contributed by atoms with Crippen LogP contribution in [-0.4, -0.2) is 84.7 Å². The molecule has 0 saturated heterocycles. The molecule has 2 amide bonds. The molecule has 416 valence electrons. The summed E-state index contributed by atoms with van der Waals surface area (Å²) in [5.74, 6) is 0.520. The molecule has 2 aromatic heterocycles. The SMILES string of the molecule is COc1cc(CCC(=O)NC(C)CCCC(C)(C)O)cc2c(C(=O)OCCCC/C=C\CCCCOC(=O)c3c(CCCC#N)oc4c(OC)cc(CCC(=O)NC(C)CCCC(C)(C)O)cc34)c(CCCC#N)oc12. The zero-order valence-corrected chi connectivity index (χ0v) is 46.5. The van der Waals surface area contributed by atoms with Crippen molar-refractivity contribution in [3.63, 3.8) is 0 Å². The summed E-state index contributed by atoms with van der Waals surface area (Å²) in [5.41, 5.74) is 1.55. The third kappa shape index (κ3) is 21.3. The molecule has 2 aromatic carbocycles. The molecule has 0 aliphatic heterocycles. The van der Waals surface area contributed by atoms with Gasteiger partial charge >= 0.3 is 11.9 Å². The van der Waals surface area contributed by atoms with Crippen LogP contribution in [0.15, 0.2) is 45.3 Å². The van der Waals surface area contributed by atoms with Crippen LogP contribution in [0.2, 0.25) is 0 Å². The Morgan fingerprint density at radius 2 is 1.00 bits per heavy atom. The third-order valence-corrected chi connectivity index (χ3v) is 13.1. The number of methoxy groups -OCH3 is 2. The zero-order valence-electron chi connectivity index (χ0n) is 46.5. The van der Waals surface area contributed by atoms with Crippen LogP contribution in [0.5, 0.6) is 11.5 Å². The van der Waals surface area contributed by atoms with E-state index in [1.165, 1.54) is 14.2 Å². The van der Waals surface area contributed by atoms with Crippen LogP contribution in [0.1, 0.15) is 200 Å². The molecule has 4 N–H and O–H groups in total. The van der Waals surface area contributed by atoms with Crippen molar-refractivity contribution in [1.82, 2.24) is 10.6 Å². The highest BCUT2D eigenvalue weighted by Crippen LogP contribution is 2.38. The molecule has 4 aromatic rings. The number of amides is 2. The minimum atomic E-state index is -0.745. The lowest BCUT2D eigenvalue weighted by molar-refractivity contribution is -0.122. The minimum Gasteiger partial charge on any atom is -0.493 e. The van der Waals surface area contributed by atoms with Crippen LogP contribution in [0, 0.1) is 22.7 Å². The summed E-state index contributed by atoms with van der Waals surface area (Å²) in [6.07, 6.45) is 16.6. The monoisotopic (exact) mass is 1050 g/mol. The number of nitriles is 2. The van der Waals surface area contributed by atoms with E-state index >= 15 is 0 Å². The number of aliphatic hydroxyl groups is 2. The van der Waals surface area contributed by atoms with Crippen molar-refractivity contribution in [3.05, 3.63) is 70.2 Å². The molecule has 2 atom stereocenters. The maximum atomic E-state index is 13.7. The number of benzene rings is 2. The largest absolute Gasteiger partial charge is 0.493 e. The van der Waals surface area contributed by atoms with E-state index in [0.29, 0.717) is 133 Å². The summed E-state index contributed by atoms with van der Waals surface area (Å²) in [5, 5.41) is 45.6. The number of carbonyl (C=O) groups excluding carboxylic acids is 4. The van der Waals surface area contributed by atoms with Crippen molar-refractivity contribution in [2.75, 3.05) is 27.4 Å². The van der Waals surface area contributed by atoms with Crippen molar-refractivity contribution in [2.24, 2.45) is 0 Å². The van der Waals surface area contributed by atoms with Gasteiger partial charge in [0.2, 0.25) is 11.8 Å². The topological polar surface area (TPSA) is 244 Å². The van der Waals surface area contributed by atoms with Crippen LogP contribution in [-0.2, 0) is 44.7 Å². The van der Waals surface area contributed by atoms with Gasteiger partial charge in [0.25, 0.3) is 0 Å². The second-order valence-corrected chi connectivity index (χ2v) is 21.3. The molecule has 0 fully saturated rings. The average Bonchev–Trinajstić information content (AvgIpc) is 3.92. The molecule has 0 spiro atoms. The Morgan fingerprint density at radius 3 is 1.36 bits per heavy atom. The van der Waals surface area contributed by atoms with E-state index in [4.69, 9.17) is 27.8 Å². The van der Waals surface area contributed by atoms with Gasteiger partial charge in [-0.15, -0.1) is 0 Å². The predicted molar refractivity (Wildman–Crippen MR) is 292 cm³/mol. The Labute approximate surface area is 449 Å². The lowest BCUT2D eigenvalue weighted by Crippen LogP contribution is -2.33. The molecule has 0 aliphatic rings. The predicted octanol–water partition coefficient (Wildman–Crippen LogP) is 11.6. The summed E-state index contributed by atoms with van der Waals surface area (Å²) in [4.78, 5) is 53.2. The number of carbonyl (C=O) groups is 4. The maximum absolute atomic E-state index is 13.7. The van der Waals surface area contributed by atoms with Gasteiger partial charge < -0.3 is 48.6 Å². The average molecular weight is 1050 g/mol. The molecule has 4 rings (SSSR count). The number of nitrogens with one attached hydrogen (secondary N) is 2. The molecule has 0 aliphatic carbocycles. The second-order valence-electron chi connectivity index (χ2n) is 21.3. The Morgan fingerprint density at radius 1 is 0.605 bits per heavy atom. The highest BCUT2D eigenvalue weighted by atomic mass is 16.5. The third-order valence-electron chi connectivity index (χ3n) is 13.1. The summed E-state index contributed by atoms with van der Waals surface area (Å²) < 4.78 is 35.4. The van der Waals surface area contributed by atoms with Gasteiger partial charge in [-0.2, -0.15) is 10.5 Å². The molecular weight excluding hydrogens is 969 g/mol. The number of esters is 2. The number of rotatable bonds is 36. The fourth-order valence-corrected chi connectivity index (χ4v) is 9.07. The number of allylic oxidation sites excluding steroid dienone is 2. The van der Waals surface area contributed by atoms with Crippen LogP contribution in [0.3, 0.4) is 0 Å². The molecule has 2 heterocycles. The summed E-state index contributed by atoms with van der Waals surface area (Å²) in [6, 6.07) is 11.6. The van der Waals surface area contributed by atoms with Crippen molar-refractivity contribution in [1.29, 1.82) is 10.5 Å². The zero-order chi connectivity index (χ0) is 55.7. The number of unbranched alkanes of at least 4 members (excludes halogenated alkanes) is 6. The minimum absolute atomic E-state index is 0.0366. The molecule has 2 unspecified atom stereocenters. The van der Waals surface area contributed by atoms with Crippen LogP contribution in [0.25, 0.3) is 21.9 Å². The van der Waals surface area contributed by atoms with Crippen LogP contribution in [0.4, 0.5) is 0 Å². The molecule has 0 radical (unpaired) electrons. The van der Waals surface area contributed by atoms with Gasteiger partial charge in [-0.3, -0.25) is 9.59 Å². The van der Waals surface area contributed by atoms with E-state index in [1.807, 2.05) is 38.1 Å². The van der Waals surface area contributed by atoms with E-state index in [-0.39, 0.29) is 50.0 Å². The number of ether oxygens (including phenoxy) is 4. The number of hydrogen-bond acceptors (Lipinski definition) is 14. The van der Waals surface area contributed by atoms with Gasteiger partial charge in [0.1, 0.15) is 22.6 Å². The fourth-order valence-electron chi connectivity index (χ4n) is 9.07. The first-order valence-electron chi connectivity index (χ1n) is 27.3. The first-order valence-corrected chi connectivity index (χ1v) is 27.3. The fraction of sp³-hybridized carbons (Fsp3) is 0.600. The lowest BCUT2D eigenvalue weighted by atomic mass is 9.99. The molecule has 76 heavy (non-hydrogen) atoms. The number of aryl methyl sites for hydroxylation is 4. The van der Waals surface area contributed by atoms with Crippen molar-refractivity contribution >= 4 is 45.7 Å². The summed E-state index contributed by atoms with van der Waals surface area (Å²) in [6.45, 7) is 11.4. The smallest absolute Gasteiger partial charge is 0.342 e. The Hall–Kier alpha value is -6.36. The highest BCUT2D eigenvalue weighted by Gasteiger charge is 2.27. The molecule has 16 heteroatoms. The molecular formula is C60H84N4O12. The molecule has 0 saturated carbocycles. The first kappa shape index (κ1) is 62.2. The standard InChI is InChI=1S/C60H84N4O12/c1-41(23-21-31-59(3,4)69)63-51(65)29-27-43-37-45-53(47(25-15-17-33-61)75-55(45)49(39-43)71-7)57(67)73-35-19-13-11-9-10-12-14-20-36-74-58(68)54-46-38-44(28-30-52(66)64-42(2)24-22-32-60(5,6)70)40-50(72-8)56(46)76-48(54)26-16-18-34-62/h9-10,37-42,69-70H,11-32,35-36H2,1-8H3,(H,63,65)(H,64,66)/b10-9-. The van der Waals surface area contributed by atoms with Crippen LogP contribution >= 0.6 is 0 Å². The molecule has 0 bridgehead atoms. The van der Waals surface area contributed by atoms with E-state index in [9.17, 15) is 39.9 Å². The number of hydrogen-bond donors (Lipinski definition) is 4. The Balaban J connectivity index is 1.26. The van der Waals surface area contributed by atoms with E-state index in [0.717, 1.165) is 62.5 Å². The number of fused-ring (bicyclic) bond motifs is 2. The van der Waals surface area contributed by atoms with Crippen molar-refractivity contribution in [2.45, 2.75) is 206 Å². The lowest BCUT2D eigenvalue weighted by Gasteiger charge is -2.19. The number of nitrogens with zero attached hydrogens (tertiary/aromatic N) is 2. The second kappa shape index (κ2) is 31.6. The van der Waals surface area contributed by atoms with Crippen molar-refractivity contribution < 1.29 is 57.2 Å². The highest BCUT2D eigenvalue weighted by molar-refractivity contribution is 6.07. The maximum Gasteiger partial charge on any atom is 0.342 e. The summed E-state index contributed by atoms with van der Waals surface area (Å²) >= 11 is 0. The Kier molecular flexibility index (Phi) is 25.9. The van der Waals surface area contributed by atoms with Gasteiger partial charge in [-0.05, 0) is 180 Å². The van der Waals surface area contributed by atoms with Gasteiger partial charge in [0.15, 0.2) is 22.7 Å². The quantitative estimate of drug-likeness (QED) is 0.0188. The first-order chi connectivity index (χ1) is 36.3. The normalized spacial score (nSPS) is 12.6. The van der Waals surface area contributed by atoms with Gasteiger partial charge in [-0.1, -0.05) is 12.2 Å². The van der Waals surface area contributed by atoms with E-state index in [1.54, 1.807) is 27.7 Å². The van der Waals surface area contributed by atoms with Crippen molar-refractivity contribution in [3.8, 4) is 23.6 Å². The molecule has 16 nitrogen and oxygen atoms in total. The van der Waals surface area contributed by atoms with Crippen LogP contribution < -0.4 is 20.1 Å². The Bertz CT molecular complexity index is 2440. The number of furan rings is 2. The van der Waals surface area contributed by atoms with Gasteiger partial charge in [0.05, 0.1) is 50.8 Å². The van der Waals surface area contributed by atoms with E-state index < -0.39 is 23.1 Å². The van der Waals surface area contributed by atoms with E-state index in [2.05, 4.69) is 34.9 Å². The van der Waals surface area contributed by atoms with Gasteiger partial charge in [-0.25, -0.2) is 9.59 Å².